The standard InChI is InChI=1S/C17H23N5O4/c1-20(2)16-17(19-8-7-18-16)26-12-4-3-9-21(10-12)15(25)11-22-13(23)5-6-14(22)24/h7-8,12H,3-6,9-11H2,1-2H3. The van der Waals surface area contributed by atoms with Crippen molar-refractivity contribution in [1.29, 1.82) is 0 Å². The predicted molar refractivity (Wildman–Crippen MR) is 92.5 cm³/mol. The molecule has 1 atom stereocenters. The Morgan fingerprint density at radius 3 is 2.62 bits per heavy atom. The van der Waals surface area contributed by atoms with Crippen molar-refractivity contribution in [3.8, 4) is 5.88 Å². The first-order valence-electron chi connectivity index (χ1n) is 8.71. The Bertz CT molecular complexity index is 692. The third-order valence-electron chi connectivity index (χ3n) is 4.53. The predicted octanol–water partition coefficient (Wildman–Crippen LogP) is 0.0614. The average Bonchev–Trinajstić information content (AvgIpc) is 2.94. The molecule has 0 aromatic carbocycles. The van der Waals surface area contributed by atoms with Crippen molar-refractivity contribution in [1.82, 2.24) is 19.8 Å². The van der Waals surface area contributed by atoms with E-state index < -0.39 is 0 Å². The number of ether oxygens (including phenoxy) is 1. The summed E-state index contributed by atoms with van der Waals surface area (Å²) in [5.74, 6) is 0.284. The highest BCUT2D eigenvalue weighted by atomic mass is 16.5. The summed E-state index contributed by atoms with van der Waals surface area (Å²) in [7, 11) is 3.72. The molecule has 9 nitrogen and oxygen atoms in total. The zero-order valence-corrected chi connectivity index (χ0v) is 15.1. The molecule has 0 saturated carbocycles. The quantitative estimate of drug-likeness (QED) is 0.684. The highest BCUT2D eigenvalue weighted by molar-refractivity contribution is 6.04. The van der Waals surface area contributed by atoms with Crippen molar-refractivity contribution in [2.45, 2.75) is 31.8 Å². The van der Waals surface area contributed by atoms with Crippen LogP contribution in [0.4, 0.5) is 5.82 Å². The monoisotopic (exact) mass is 361 g/mol. The summed E-state index contributed by atoms with van der Waals surface area (Å²) in [5.41, 5.74) is 0. The number of anilines is 1. The topological polar surface area (TPSA) is 95.9 Å². The van der Waals surface area contributed by atoms with Crippen molar-refractivity contribution >= 4 is 23.5 Å². The third-order valence-corrected chi connectivity index (χ3v) is 4.53. The molecular weight excluding hydrogens is 338 g/mol. The fourth-order valence-corrected chi connectivity index (χ4v) is 3.16. The van der Waals surface area contributed by atoms with E-state index >= 15 is 0 Å². The Kier molecular flexibility index (Phi) is 5.34. The fraction of sp³-hybridized carbons (Fsp3) is 0.588. The van der Waals surface area contributed by atoms with E-state index in [0.29, 0.717) is 24.8 Å². The molecule has 0 aliphatic carbocycles. The molecule has 0 bridgehead atoms. The second kappa shape index (κ2) is 7.67. The van der Waals surface area contributed by atoms with E-state index in [1.165, 1.54) is 0 Å². The van der Waals surface area contributed by atoms with Crippen molar-refractivity contribution in [2.75, 3.05) is 38.6 Å². The number of nitrogens with zero attached hydrogens (tertiary/aromatic N) is 5. The van der Waals surface area contributed by atoms with E-state index in [4.69, 9.17) is 4.74 Å². The van der Waals surface area contributed by atoms with Crippen LogP contribution in [0.3, 0.4) is 0 Å². The SMILES string of the molecule is CN(C)c1nccnc1OC1CCCN(C(=O)CN2C(=O)CCC2=O)C1. The zero-order valence-electron chi connectivity index (χ0n) is 15.1. The maximum atomic E-state index is 12.5. The van der Waals surface area contributed by atoms with Gasteiger partial charge in [0.2, 0.25) is 17.7 Å². The van der Waals surface area contributed by atoms with Gasteiger partial charge in [-0.15, -0.1) is 0 Å². The highest BCUT2D eigenvalue weighted by Gasteiger charge is 2.33. The van der Waals surface area contributed by atoms with Crippen LogP contribution in [0.5, 0.6) is 5.88 Å². The van der Waals surface area contributed by atoms with E-state index in [0.717, 1.165) is 17.7 Å². The van der Waals surface area contributed by atoms with Crippen LogP contribution in [-0.2, 0) is 14.4 Å². The van der Waals surface area contributed by atoms with Gasteiger partial charge >= 0.3 is 0 Å². The van der Waals surface area contributed by atoms with E-state index in [9.17, 15) is 14.4 Å². The van der Waals surface area contributed by atoms with Gasteiger partial charge in [0.25, 0.3) is 5.88 Å². The van der Waals surface area contributed by atoms with Crippen molar-refractivity contribution in [3.05, 3.63) is 12.4 Å². The molecule has 140 valence electrons. The van der Waals surface area contributed by atoms with Crippen LogP contribution >= 0.6 is 0 Å². The van der Waals surface area contributed by atoms with E-state index in [1.807, 2.05) is 19.0 Å². The lowest BCUT2D eigenvalue weighted by Gasteiger charge is -2.33. The van der Waals surface area contributed by atoms with E-state index in [2.05, 4.69) is 9.97 Å². The molecule has 2 fully saturated rings. The van der Waals surface area contributed by atoms with Gasteiger partial charge in [-0.25, -0.2) is 9.97 Å². The summed E-state index contributed by atoms with van der Waals surface area (Å²) >= 11 is 0. The summed E-state index contributed by atoms with van der Waals surface area (Å²) in [6.07, 6.45) is 4.94. The van der Waals surface area contributed by atoms with Gasteiger partial charge in [0, 0.05) is 45.9 Å². The molecule has 3 amide bonds. The van der Waals surface area contributed by atoms with Gasteiger partial charge in [-0.2, -0.15) is 0 Å². The number of piperidine rings is 1. The highest BCUT2D eigenvalue weighted by Crippen LogP contribution is 2.24. The van der Waals surface area contributed by atoms with Crippen LogP contribution in [0.1, 0.15) is 25.7 Å². The van der Waals surface area contributed by atoms with Gasteiger partial charge in [0.15, 0.2) is 5.82 Å². The molecule has 3 heterocycles. The third kappa shape index (κ3) is 3.92. The second-order valence-corrected chi connectivity index (χ2v) is 6.67. The number of amides is 3. The van der Waals surface area contributed by atoms with Gasteiger partial charge in [0.1, 0.15) is 12.6 Å². The lowest BCUT2D eigenvalue weighted by molar-refractivity contribution is -0.146. The number of hydrogen-bond acceptors (Lipinski definition) is 7. The normalized spacial score (nSPS) is 20.5. The lowest BCUT2D eigenvalue weighted by Crippen LogP contribution is -2.49. The lowest BCUT2D eigenvalue weighted by atomic mass is 10.1. The number of carbonyl (C=O) groups excluding carboxylic acids is 3. The Morgan fingerprint density at radius 1 is 1.23 bits per heavy atom. The minimum atomic E-state index is -0.275. The zero-order chi connectivity index (χ0) is 18.7. The van der Waals surface area contributed by atoms with Crippen LogP contribution in [0.2, 0.25) is 0 Å². The Hall–Kier alpha value is -2.71. The molecule has 0 radical (unpaired) electrons. The molecule has 1 aromatic heterocycles. The molecule has 26 heavy (non-hydrogen) atoms. The van der Waals surface area contributed by atoms with Gasteiger partial charge in [-0.1, -0.05) is 0 Å². The maximum Gasteiger partial charge on any atom is 0.257 e. The molecule has 1 unspecified atom stereocenters. The molecule has 2 aliphatic heterocycles. The number of hydrogen-bond donors (Lipinski definition) is 0. The first kappa shape index (κ1) is 18.1. The van der Waals surface area contributed by atoms with Crippen molar-refractivity contribution < 1.29 is 19.1 Å². The molecule has 2 saturated heterocycles. The Morgan fingerprint density at radius 2 is 1.92 bits per heavy atom. The second-order valence-electron chi connectivity index (χ2n) is 6.67. The first-order valence-corrected chi connectivity index (χ1v) is 8.71. The van der Waals surface area contributed by atoms with Crippen LogP contribution in [0.25, 0.3) is 0 Å². The van der Waals surface area contributed by atoms with Crippen LogP contribution < -0.4 is 9.64 Å². The van der Waals surface area contributed by atoms with E-state index in [1.54, 1.807) is 17.3 Å². The van der Waals surface area contributed by atoms with Gasteiger partial charge in [0.05, 0.1) is 6.54 Å². The van der Waals surface area contributed by atoms with Gasteiger partial charge in [-0.05, 0) is 12.8 Å². The van der Waals surface area contributed by atoms with Crippen molar-refractivity contribution in [2.24, 2.45) is 0 Å². The summed E-state index contributed by atoms with van der Waals surface area (Å²) in [6, 6.07) is 0. The smallest absolute Gasteiger partial charge is 0.257 e. The number of aromatic nitrogens is 2. The van der Waals surface area contributed by atoms with Crippen LogP contribution in [-0.4, -0.2) is 77.3 Å². The minimum Gasteiger partial charge on any atom is -0.470 e. The maximum absolute atomic E-state index is 12.5. The number of rotatable bonds is 5. The molecule has 3 rings (SSSR count). The summed E-state index contributed by atoms with van der Waals surface area (Å²) in [4.78, 5) is 48.9. The van der Waals surface area contributed by atoms with E-state index in [-0.39, 0.29) is 43.2 Å². The molecule has 0 spiro atoms. The average molecular weight is 361 g/mol. The number of imide groups is 1. The molecule has 2 aliphatic rings. The molecule has 0 N–H and O–H groups in total. The first-order chi connectivity index (χ1) is 12.5. The molecule has 9 heteroatoms. The molecular formula is C17H23N5O4. The van der Waals surface area contributed by atoms with Crippen LogP contribution in [0.15, 0.2) is 12.4 Å². The van der Waals surface area contributed by atoms with Crippen LogP contribution in [0, 0.1) is 0 Å². The van der Waals surface area contributed by atoms with Crippen molar-refractivity contribution in [3.63, 3.8) is 0 Å². The molecule has 1 aromatic rings. The minimum absolute atomic E-state index is 0.182. The van der Waals surface area contributed by atoms with Gasteiger partial charge in [-0.3, -0.25) is 19.3 Å². The fourth-order valence-electron chi connectivity index (χ4n) is 3.16. The largest absolute Gasteiger partial charge is 0.470 e. The Balaban J connectivity index is 1.61. The summed E-state index contributed by atoms with van der Waals surface area (Å²) < 4.78 is 5.98. The summed E-state index contributed by atoms with van der Waals surface area (Å²) in [6.45, 7) is 0.812. The number of carbonyl (C=O) groups is 3. The summed E-state index contributed by atoms with van der Waals surface area (Å²) in [5, 5.41) is 0. The Labute approximate surface area is 151 Å². The van der Waals surface area contributed by atoms with Gasteiger partial charge < -0.3 is 14.5 Å². The number of likely N-dealkylation sites (tertiary alicyclic amines) is 2.